The second-order valence-electron chi connectivity index (χ2n) is 4.21. The summed E-state index contributed by atoms with van der Waals surface area (Å²) in [6, 6.07) is 10.4. The summed E-state index contributed by atoms with van der Waals surface area (Å²) in [5.74, 6) is -0.0487. The highest BCUT2D eigenvalue weighted by atomic mass is 16.5. The van der Waals surface area contributed by atoms with Crippen molar-refractivity contribution in [1.82, 2.24) is 0 Å². The molecule has 0 saturated carbocycles. The highest BCUT2D eigenvalue weighted by Crippen LogP contribution is 2.25. The molecule has 0 aromatic heterocycles. The molecule has 1 aromatic rings. The van der Waals surface area contributed by atoms with E-state index in [4.69, 9.17) is 4.74 Å². The number of amides is 1. The fourth-order valence-corrected chi connectivity index (χ4v) is 2.07. The van der Waals surface area contributed by atoms with Crippen molar-refractivity contribution >= 4 is 12.3 Å². The van der Waals surface area contributed by atoms with Gasteiger partial charge in [0.25, 0.3) is 6.40 Å². The molecule has 0 saturated heterocycles. The largest absolute Gasteiger partial charge is 0.469 e. The molecule has 0 radical (unpaired) electrons. The second-order valence-corrected chi connectivity index (χ2v) is 4.21. The van der Waals surface area contributed by atoms with Crippen LogP contribution >= 0.6 is 0 Å². The van der Waals surface area contributed by atoms with Crippen molar-refractivity contribution in [3.05, 3.63) is 66.2 Å². The molecule has 0 spiro atoms. The Morgan fingerprint density at radius 2 is 1.89 bits per heavy atom. The second kappa shape index (κ2) is 4.53. The molecule has 1 amide bonds. The van der Waals surface area contributed by atoms with E-state index in [1.807, 2.05) is 54.6 Å². The van der Waals surface area contributed by atoms with Gasteiger partial charge in [-0.25, -0.2) is 0 Å². The SMILES string of the molecule is O=C1C(c2ccccc2)OC=[N+]1[C-]1C=CCC=C1. The number of ether oxygens (including phenoxy) is 1. The Bertz CT molecular complexity index is 531. The minimum absolute atomic E-state index is 0.0487. The van der Waals surface area contributed by atoms with E-state index < -0.39 is 6.10 Å². The number of rotatable bonds is 2. The van der Waals surface area contributed by atoms with E-state index in [-0.39, 0.29) is 5.91 Å². The topological polar surface area (TPSA) is 29.3 Å². The molecule has 3 rings (SSSR count). The maximum Gasteiger partial charge on any atom is 0.374 e. The number of hydrogen-bond donors (Lipinski definition) is 0. The van der Waals surface area contributed by atoms with Crippen LogP contribution in [0.1, 0.15) is 18.1 Å². The molecule has 2 aliphatic rings. The van der Waals surface area contributed by atoms with Gasteiger partial charge >= 0.3 is 5.91 Å². The standard InChI is InChI=1S/C15H13NO2/c17-15-14(12-7-3-1-4-8-12)18-11-16(15)13-9-5-2-6-10-13/h1,3-11,14H,2H2. The van der Waals surface area contributed by atoms with Crippen LogP contribution in [0.5, 0.6) is 0 Å². The van der Waals surface area contributed by atoms with Gasteiger partial charge in [0.05, 0.1) is 0 Å². The van der Waals surface area contributed by atoms with Gasteiger partial charge in [0, 0.05) is 0 Å². The summed E-state index contributed by atoms with van der Waals surface area (Å²) in [7, 11) is 0. The lowest BCUT2D eigenvalue weighted by Gasteiger charge is -2.11. The average molecular weight is 239 g/mol. The van der Waals surface area contributed by atoms with Crippen LogP contribution in [0.25, 0.3) is 0 Å². The molecule has 1 aliphatic carbocycles. The molecule has 1 heterocycles. The van der Waals surface area contributed by atoms with E-state index in [1.165, 1.54) is 6.40 Å². The molecule has 90 valence electrons. The number of carbonyl (C=O) groups excluding carboxylic acids is 1. The average Bonchev–Trinajstić information content (AvgIpc) is 2.83. The van der Waals surface area contributed by atoms with E-state index in [1.54, 1.807) is 4.58 Å². The minimum atomic E-state index is -0.526. The lowest BCUT2D eigenvalue weighted by Crippen LogP contribution is -2.23. The lowest BCUT2D eigenvalue weighted by atomic mass is 10.1. The Morgan fingerprint density at radius 3 is 2.61 bits per heavy atom. The van der Waals surface area contributed by atoms with Crippen molar-refractivity contribution in [2.75, 3.05) is 0 Å². The Morgan fingerprint density at radius 1 is 1.17 bits per heavy atom. The first-order valence-electron chi connectivity index (χ1n) is 5.93. The van der Waals surface area contributed by atoms with E-state index in [9.17, 15) is 4.79 Å². The zero-order valence-corrected chi connectivity index (χ0v) is 9.82. The smallest absolute Gasteiger partial charge is 0.374 e. The fraction of sp³-hybridized carbons (Fsp3) is 0.133. The molecule has 1 atom stereocenters. The van der Waals surface area contributed by atoms with Crippen molar-refractivity contribution < 1.29 is 14.1 Å². The molecule has 3 nitrogen and oxygen atoms in total. The predicted octanol–water partition coefficient (Wildman–Crippen LogP) is 2.37. The zero-order chi connectivity index (χ0) is 12.4. The number of nitrogens with zero attached hydrogens (tertiary/aromatic N) is 1. The van der Waals surface area contributed by atoms with Crippen LogP contribution in [0.2, 0.25) is 0 Å². The van der Waals surface area contributed by atoms with Gasteiger partial charge < -0.3 is 4.74 Å². The van der Waals surface area contributed by atoms with Crippen molar-refractivity contribution in [2.45, 2.75) is 12.5 Å². The van der Waals surface area contributed by atoms with Gasteiger partial charge in [-0.05, 0) is 5.56 Å². The highest BCUT2D eigenvalue weighted by molar-refractivity contribution is 5.82. The highest BCUT2D eigenvalue weighted by Gasteiger charge is 2.36. The molecule has 3 heteroatoms. The van der Waals surface area contributed by atoms with Gasteiger partial charge in [-0.1, -0.05) is 48.9 Å². The van der Waals surface area contributed by atoms with Crippen LogP contribution in [0, 0.1) is 6.04 Å². The molecule has 0 fully saturated rings. The van der Waals surface area contributed by atoms with Crippen LogP contribution < -0.4 is 0 Å². The Kier molecular flexibility index (Phi) is 2.73. The third-order valence-electron chi connectivity index (χ3n) is 2.99. The molecule has 1 aliphatic heterocycles. The van der Waals surface area contributed by atoms with Crippen LogP contribution in [0.3, 0.4) is 0 Å². The monoisotopic (exact) mass is 239 g/mol. The summed E-state index contributed by atoms with van der Waals surface area (Å²) in [5, 5.41) is 0. The molecule has 1 aromatic carbocycles. The summed E-state index contributed by atoms with van der Waals surface area (Å²) >= 11 is 0. The van der Waals surface area contributed by atoms with Gasteiger partial charge in [-0.3, -0.25) is 4.79 Å². The number of carbonyl (C=O) groups is 1. The molecule has 18 heavy (non-hydrogen) atoms. The molecule has 0 bridgehead atoms. The third-order valence-corrected chi connectivity index (χ3v) is 2.99. The van der Waals surface area contributed by atoms with Crippen molar-refractivity contribution in [1.29, 1.82) is 0 Å². The first-order valence-corrected chi connectivity index (χ1v) is 5.93. The quantitative estimate of drug-likeness (QED) is 0.585. The summed E-state index contributed by atoms with van der Waals surface area (Å²) in [4.78, 5) is 12.3. The Hall–Kier alpha value is -2.29. The third kappa shape index (κ3) is 1.84. The van der Waals surface area contributed by atoms with Crippen LogP contribution in [0.4, 0.5) is 0 Å². The maximum absolute atomic E-state index is 12.3. The van der Waals surface area contributed by atoms with E-state index >= 15 is 0 Å². The van der Waals surface area contributed by atoms with Crippen LogP contribution in [-0.4, -0.2) is 16.9 Å². The fourth-order valence-electron chi connectivity index (χ4n) is 2.07. The molecular formula is C15H13NO2. The van der Waals surface area contributed by atoms with Crippen LogP contribution in [0.15, 0.2) is 54.6 Å². The van der Waals surface area contributed by atoms with E-state index in [2.05, 4.69) is 0 Å². The summed E-state index contributed by atoms with van der Waals surface area (Å²) in [5.41, 5.74) is 0.880. The lowest BCUT2D eigenvalue weighted by molar-refractivity contribution is -0.412. The first-order chi connectivity index (χ1) is 8.86. The zero-order valence-electron chi connectivity index (χ0n) is 9.82. The predicted molar refractivity (Wildman–Crippen MR) is 67.7 cm³/mol. The van der Waals surface area contributed by atoms with Crippen molar-refractivity contribution in [3.8, 4) is 0 Å². The van der Waals surface area contributed by atoms with Gasteiger partial charge in [-0.15, -0.1) is 12.2 Å². The van der Waals surface area contributed by atoms with Gasteiger partial charge in [0.15, 0.2) is 0 Å². The maximum atomic E-state index is 12.3. The van der Waals surface area contributed by atoms with Gasteiger partial charge in [0.2, 0.25) is 6.10 Å². The molecule has 0 N–H and O–H groups in total. The first kappa shape index (κ1) is 10.8. The Labute approximate surface area is 106 Å². The van der Waals surface area contributed by atoms with Crippen molar-refractivity contribution in [2.24, 2.45) is 0 Å². The Balaban J connectivity index is 1.82. The summed E-state index contributed by atoms with van der Waals surface area (Å²) in [6.07, 6.45) is 9.79. The molecular weight excluding hydrogens is 226 g/mol. The number of allylic oxidation sites excluding steroid dienone is 2. The van der Waals surface area contributed by atoms with Gasteiger partial charge in [0.1, 0.15) is 6.04 Å². The number of benzene rings is 1. The van der Waals surface area contributed by atoms with Crippen LogP contribution in [-0.2, 0) is 9.53 Å². The minimum Gasteiger partial charge on any atom is -0.469 e. The van der Waals surface area contributed by atoms with Gasteiger partial charge in [-0.2, -0.15) is 4.58 Å². The van der Waals surface area contributed by atoms with Crippen molar-refractivity contribution in [3.63, 3.8) is 0 Å². The number of hydrogen-bond acceptors (Lipinski definition) is 2. The molecule has 1 unspecified atom stereocenters. The van der Waals surface area contributed by atoms with E-state index in [0.717, 1.165) is 18.0 Å². The summed E-state index contributed by atoms with van der Waals surface area (Å²) < 4.78 is 7.04. The summed E-state index contributed by atoms with van der Waals surface area (Å²) in [6.45, 7) is 0. The van der Waals surface area contributed by atoms with E-state index in [0.29, 0.717) is 0 Å². The normalized spacial score (nSPS) is 22.0.